The summed E-state index contributed by atoms with van der Waals surface area (Å²) in [4.78, 5) is 24.5. The molecule has 0 saturated carbocycles. The van der Waals surface area contributed by atoms with Gasteiger partial charge in [-0.15, -0.1) is 0 Å². The Bertz CT molecular complexity index is 819. The minimum atomic E-state index is -1.68. The molecule has 0 unspecified atom stereocenters. The number of carbonyl (C=O) groups excluding carboxylic acids is 2. The summed E-state index contributed by atoms with van der Waals surface area (Å²) in [6.45, 7) is -0.0000516. The molecule has 1 aliphatic heterocycles. The molecule has 0 spiro atoms. The Hall–Kier alpha value is -2.29. The number of hydrogen-bond donors (Lipinski definition) is 0. The molecule has 1 saturated heterocycles. The Morgan fingerprint density at radius 1 is 1.00 bits per heavy atom. The van der Waals surface area contributed by atoms with Crippen LogP contribution in [0.5, 0.6) is 0 Å². The number of esters is 2. The number of hydrogen-bond acceptors (Lipinski definition) is 6. The van der Waals surface area contributed by atoms with Gasteiger partial charge in [-0.1, -0.05) is 52.3 Å². The Labute approximate surface area is 182 Å². The first-order valence-electron chi connectivity index (χ1n) is 9.53. The van der Waals surface area contributed by atoms with Gasteiger partial charge in [0.25, 0.3) is 0 Å². The second kappa shape index (κ2) is 11.2. The van der Waals surface area contributed by atoms with Crippen LogP contribution in [0.3, 0.4) is 0 Å². The summed E-state index contributed by atoms with van der Waals surface area (Å²) in [5, 5.41) is 0.564. The highest BCUT2D eigenvalue weighted by molar-refractivity contribution is 9.09. The van der Waals surface area contributed by atoms with Crippen molar-refractivity contribution in [1.29, 1.82) is 0 Å². The summed E-state index contributed by atoms with van der Waals surface area (Å²) in [5.74, 6) is -1.22. The topological polar surface area (TPSA) is 71.1 Å². The fraction of sp³-hybridized carbons (Fsp3) is 0.364. The first-order chi connectivity index (χ1) is 14.6. The van der Waals surface area contributed by atoms with E-state index in [1.54, 1.807) is 60.7 Å². The van der Waals surface area contributed by atoms with E-state index < -0.39 is 36.6 Å². The molecule has 6 nitrogen and oxygen atoms in total. The highest BCUT2D eigenvalue weighted by atomic mass is 79.9. The van der Waals surface area contributed by atoms with E-state index in [0.29, 0.717) is 23.1 Å². The maximum atomic E-state index is 15.1. The maximum absolute atomic E-state index is 15.1. The summed E-state index contributed by atoms with van der Waals surface area (Å²) in [5.41, 5.74) is 0.670. The van der Waals surface area contributed by atoms with E-state index in [1.165, 1.54) is 0 Å². The van der Waals surface area contributed by atoms with Crippen LogP contribution in [-0.4, -0.2) is 55.2 Å². The molecule has 0 bridgehead atoms. The normalized spacial score (nSPS) is 23.5. The van der Waals surface area contributed by atoms with Crippen molar-refractivity contribution in [3.05, 3.63) is 71.8 Å². The van der Waals surface area contributed by atoms with Crippen molar-refractivity contribution in [2.75, 3.05) is 18.5 Å². The van der Waals surface area contributed by atoms with Gasteiger partial charge in [0, 0.05) is 11.8 Å². The van der Waals surface area contributed by atoms with Crippen LogP contribution in [0.4, 0.5) is 4.39 Å². The van der Waals surface area contributed by atoms with Gasteiger partial charge < -0.3 is 18.9 Å². The third-order valence-electron chi connectivity index (χ3n) is 4.50. The van der Waals surface area contributed by atoms with Crippen LogP contribution in [0, 0.1) is 0 Å². The molecule has 160 valence electrons. The van der Waals surface area contributed by atoms with Gasteiger partial charge in [-0.25, -0.2) is 14.0 Å². The molecule has 30 heavy (non-hydrogen) atoms. The van der Waals surface area contributed by atoms with Crippen molar-refractivity contribution in [1.82, 2.24) is 0 Å². The van der Waals surface area contributed by atoms with Gasteiger partial charge in [-0.05, 0) is 24.3 Å². The van der Waals surface area contributed by atoms with E-state index in [9.17, 15) is 9.59 Å². The third-order valence-corrected chi connectivity index (χ3v) is 4.82. The number of carbonyl (C=O) groups is 2. The zero-order valence-corrected chi connectivity index (χ0v) is 17.7. The molecule has 1 fully saturated rings. The average molecular weight is 481 g/mol. The quantitative estimate of drug-likeness (QED) is 0.421. The van der Waals surface area contributed by atoms with Gasteiger partial charge >= 0.3 is 11.9 Å². The molecule has 0 radical (unpaired) electrons. The monoisotopic (exact) mass is 480 g/mol. The fourth-order valence-corrected chi connectivity index (χ4v) is 3.19. The van der Waals surface area contributed by atoms with Crippen molar-refractivity contribution in [2.24, 2.45) is 0 Å². The molecule has 0 aromatic heterocycles. The van der Waals surface area contributed by atoms with Crippen molar-refractivity contribution in [3.8, 4) is 0 Å². The van der Waals surface area contributed by atoms with E-state index >= 15 is 4.39 Å². The predicted molar refractivity (Wildman–Crippen MR) is 110 cm³/mol. The molecule has 0 aliphatic carbocycles. The maximum Gasteiger partial charge on any atom is 0.338 e. The second-order valence-electron chi connectivity index (χ2n) is 6.62. The van der Waals surface area contributed by atoms with Gasteiger partial charge in [0.05, 0.1) is 17.7 Å². The molecule has 4 atom stereocenters. The van der Waals surface area contributed by atoms with E-state index in [-0.39, 0.29) is 13.0 Å². The zero-order chi connectivity index (χ0) is 21.3. The first kappa shape index (κ1) is 22.4. The van der Waals surface area contributed by atoms with Crippen LogP contribution in [0.1, 0.15) is 27.1 Å². The van der Waals surface area contributed by atoms with E-state index in [4.69, 9.17) is 18.9 Å². The lowest BCUT2D eigenvalue weighted by molar-refractivity contribution is -0.242. The number of rotatable bonds is 8. The highest BCUT2D eigenvalue weighted by Gasteiger charge is 2.42. The van der Waals surface area contributed by atoms with Crippen LogP contribution in [0.25, 0.3) is 0 Å². The van der Waals surface area contributed by atoms with Crippen molar-refractivity contribution in [2.45, 2.75) is 31.1 Å². The van der Waals surface area contributed by atoms with Crippen LogP contribution >= 0.6 is 15.9 Å². The molecule has 2 aromatic carbocycles. The Morgan fingerprint density at radius 3 is 2.20 bits per heavy atom. The molecule has 1 heterocycles. The van der Waals surface area contributed by atoms with Crippen LogP contribution < -0.4 is 0 Å². The van der Waals surface area contributed by atoms with Gasteiger partial charge in [-0.2, -0.15) is 0 Å². The number of benzene rings is 2. The molecule has 0 N–H and O–H groups in total. The van der Waals surface area contributed by atoms with Gasteiger partial charge in [0.15, 0.2) is 12.5 Å². The largest absolute Gasteiger partial charge is 0.459 e. The van der Waals surface area contributed by atoms with Crippen LogP contribution in [-0.2, 0) is 18.9 Å². The predicted octanol–water partition coefficient (Wildman–Crippen LogP) is 3.93. The molecule has 3 rings (SSSR count). The summed E-state index contributed by atoms with van der Waals surface area (Å²) >= 11 is 3.26. The molecule has 1 aliphatic rings. The minimum absolute atomic E-state index is 0.0376. The molecular formula is C22H22BrFO6. The minimum Gasteiger partial charge on any atom is -0.459 e. The molecular weight excluding hydrogens is 459 g/mol. The summed E-state index contributed by atoms with van der Waals surface area (Å²) < 4.78 is 36.9. The lowest BCUT2D eigenvalue weighted by Crippen LogP contribution is -2.50. The Kier molecular flexibility index (Phi) is 8.36. The van der Waals surface area contributed by atoms with Gasteiger partial charge in [-0.3, -0.25) is 0 Å². The van der Waals surface area contributed by atoms with Crippen molar-refractivity contribution >= 4 is 27.9 Å². The highest BCUT2D eigenvalue weighted by Crippen LogP contribution is 2.27. The molecule has 0 amide bonds. The van der Waals surface area contributed by atoms with E-state index in [0.717, 1.165) is 0 Å². The lowest BCUT2D eigenvalue weighted by atomic mass is 10.0. The number of alkyl halides is 2. The first-order valence-corrected chi connectivity index (χ1v) is 10.7. The summed E-state index contributed by atoms with van der Waals surface area (Å²) in [6, 6.07) is 16.7. The standard InChI is InChI=1S/C22H22BrFO6/c23-11-12-27-19-13-17(30-22(26)16-9-5-2-6-10-16)20(24)18(29-19)14-28-21(25)15-7-3-1-4-8-15/h1-10,17-20H,11-14H2/t17-,18-,19-,20+/m1/s1. The number of ether oxygens (including phenoxy) is 4. The molecule has 2 aromatic rings. The average Bonchev–Trinajstić information content (AvgIpc) is 2.79. The Balaban J connectivity index is 1.65. The summed E-state index contributed by atoms with van der Waals surface area (Å²) in [7, 11) is 0. The fourth-order valence-electron chi connectivity index (χ4n) is 3.01. The van der Waals surface area contributed by atoms with E-state index in [1.807, 2.05) is 0 Å². The second-order valence-corrected chi connectivity index (χ2v) is 7.41. The van der Waals surface area contributed by atoms with Gasteiger partial charge in [0.2, 0.25) is 0 Å². The Morgan fingerprint density at radius 2 is 1.60 bits per heavy atom. The molecule has 8 heteroatoms. The van der Waals surface area contributed by atoms with Crippen molar-refractivity contribution in [3.63, 3.8) is 0 Å². The van der Waals surface area contributed by atoms with Crippen LogP contribution in [0.2, 0.25) is 0 Å². The smallest absolute Gasteiger partial charge is 0.338 e. The van der Waals surface area contributed by atoms with Crippen LogP contribution in [0.15, 0.2) is 60.7 Å². The van der Waals surface area contributed by atoms with Gasteiger partial charge in [0.1, 0.15) is 18.8 Å². The van der Waals surface area contributed by atoms with Crippen molar-refractivity contribution < 1.29 is 32.9 Å². The number of halogens is 2. The SMILES string of the molecule is O=C(OC[C@H]1O[C@@H](OCCBr)C[C@@H](OC(=O)c2ccccc2)[C@@H]1F)c1ccccc1. The third kappa shape index (κ3) is 6.10. The lowest BCUT2D eigenvalue weighted by Gasteiger charge is -2.37. The zero-order valence-electron chi connectivity index (χ0n) is 16.1. The summed E-state index contributed by atoms with van der Waals surface area (Å²) in [6.07, 6.45) is -4.64. The van der Waals surface area contributed by atoms with E-state index in [2.05, 4.69) is 15.9 Å².